The Balaban J connectivity index is 1.75. The van der Waals surface area contributed by atoms with Crippen LogP contribution in [0.25, 0.3) is 0 Å². The molecule has 1 aliphatic heterocycles. The van der Waals surface area contributed by atoms with Crippen molar-refractivity contribution in [3.63, 3.8) is 0 Å². The Hall–Kier alpha value is -2.51. The number of amides is 3. The largest absolute Gasteiger partial charge is 0.491 e. The van der Waals surface area contributed by atoms with Crippen molar-refractivity contribution in [3.8, 4) is 5.75 Å². The van der Waals surface area contributed by atoms with Gasteiger partial charge in [-0.3, -0.25) is 4.79 Å². The van der Waals surface area contributed by atoms with Crippen molar-refractivity contribution >= 4 is 34.9 Å². The van der Waals surface area contributed by atoms with E-state index in [1.165, 1.54) is 9.78 Å². The standard InChI is InChI=1S/C24H30ClN3O3S/c1-4-10-26-24(30)27(11-5-2)15-23(29)28-12-8-22-19(9-13-32-22)21(28)16-31-18-6-7-20(25)17(3)14-18/h5-7,9,13-14,21H,2,4,8,10-12,15-16H2,1,3H3,(H,26,30)/t21-/m1/s1. The smallest absolute Gasteiger partial charge is 0.318 e. The molecule has 0 bridgehead atoms. The monoisotopic (exact) mass is 475 g/mol. The van der Waals surface area contributed by atoms with Crippen molar-refractivity contribution in [1.29, 1.82) is 0 Å². The summed E-state index contributed by atoms with van der Waals surface area (Å²) in [7, 11) is 0. The zero-order valence-corrected chi connectivity index (χ0v) is 20.2. The van der Waals surface area contributed by atoms with Gasteiger partial charge >= 0.3 is 6.03 Å². The molecule has 8 heteroatoms. The summed E-state index contributed by atoms with van der Waals surface area (Å²) in [6.07, 6.45) is 3.27. The van der Waals surface area contributed by atoms with Crippen LogP contribution in [0.5, 0.6) is 5.75 Å². The Bertz CT molecular complexity index is 962. The predicted molar refractivity (Wildman–Crippen MR) is 130 cm³/mol. The van der Waals surface area contributed by atoms with E-state index in [4.69, 9.17) is 16.3 Å². The van der Waals surface area contributed by atoms with Crippen LogP contribution in [0.4, 0.5) is 4.79 Å². The molecule has 0 fully saturated rings. The van der Waals surface area contributed by atoms with Gasteiger partial charge in [0.1, 0.15) is 18.9 Å². The molecular weight excluding hydrogens is 446 g/mol. The van der Waals surface area contributed by atoms with Gasteiger partial charge < -0.3 is 19.9 Å². The highest BCUT2D eigenvalue weighted by atomic mass is 35.5. The number of urea groups is 1. The number of carbonyl (C=O) groups excluding carboxylic acids is 2. The van der Waals surface area contributed by atoms with E-state index in [1.807, 2.05) is 36.9 Å². The van der Waals surface area contributed by atoms with Crippen LogP contribution in [0.2, 0.25) is 5.02 Å². The number of halogens is 1. The second-order valence-electron chi connectivity index (χ2n) is 7.78. The minimum atomic E-state index is -0.252. The van der Waals surface area contributed by atoms with Crippen molar-refractivity contribution in [1.82, 2.24) is 15.1 Å². The molecule has 0 saturated heterocycles. The number of hydrogen-bond donors (Lipinski definition) is 1. The molecule has 3 amide bonds. The third-order valence-electron chi connectivity index (χ3n) is 5.44. The first kappa shape index (κ1) is 24.1. The molecule has 0 radical (unpaired) electrons. The molecule has 32 heavy (non-hydrogen) atoms. The Kier molecular flexibility index (Phi) is 8.59. The SMILES string of the molecule is C=CCN(CC(=O)N1CCc2sccc2[C@H]1COc1ccc(Cl)c(C)c1)C(=O)NCCC. The van der Waals surface area contributed by atoms with Crippen LogP contribution >= 0.6 is 22.9 Å². The van der Waals surface area contributed by atoms with E-state index < -0.39 is 0 Å². The lowest BCUT2D eigenvalue weighted by Crippen LogP contribution is -2.50. The minimum absolute atomic E-state index is 0.00239. The van der Waals surface area contributed by atoms with E-state index >= 15 is 0 Å². The van der Waals surface area contributed by atoms with Crippen LogP contribution in [-0.4, -0.2) is 54.5 Å². The zero-order valence-electron chi connectivity index (χ0n) is 18.6. The van der Waals surface area contributed by atoms with Crippen molar-refractivity contribution in [2.75, 3.05) is 32.8 Å². The average molecular weight is 476 g/mol. The molecule has 1 aromatic carbocycles. The molecule has 1 aliphatic rings. The highest BCUT2D eigenvalue weighted by Crippen LogP contribution is 2.34. The maximum absolute atomic E-state index is 13.3. The quantitative estimate of drug-likeness (QED) is 0.529. The summed E-state index contributed by atoms with van der Waals surface area (Å²) < 4.78 is 6.08. The minimum Gasteiger partial charge on any atom is -0.491 e. The normalized spacial score (nSPS) is 15.1. The van der Waals surface area contributed by atoms with E-state index in [0.29, 0.717) is 37.0 Å². The maximum Gasteiger partial charge on any atom is 0.318 e. The summed E-state index contributed by atoms with van der Waals surface area (Å²) in [4.78, 5) is 30.4. The van der Waals surface area contributed by atoms with E-state index in [9.17, 15) is 9.59 Å². The molecule has 172 valence electrons. The highest BCUT2D eigenvalue weighted by molar-refractivity contribution is 7.10. The fraction of sp³-hybridized carbons (Fsp3) is 0.417. The molecule has 0 saturated carbocycles. The number of carbonyl (C=O) groups is 2. The molecule has 3 rings (SSSR count). The molecule has 1 aromatic heterocycles. The molecule has 0 aliphatic carbocycles. The van der Waals surface area contributed by atoms with E-state index in [-0.39, 0.29) is 24.5 Å². The van der Waals surface area contributed by atoms with Crippen LogP contribution in [0.3, 0.4) is 0 Å². The highest BCUT2D eigenvalue weighted by Gasteiger charge is 2.33. The first-order chi connectivity index (χ1) is 15.4. The third kappa shape index (κ3) is 5.84. The van der Waals surface area contributed by atoms with Gasteiger partial charge in [0.15, 0.2) is 0 Å². The lowest BCUT2D eigenvalue weighted by Gasteiger charge is -2.37. The fourth-order valence-electron chi connectivity index (χ4n) is 3.73. The summed E-state index contributed by atoms with van der Waals surface area (Å²) in [6.45, 7) is 9.45. The van der Waals surface area contributed by atoms with Gasteiger partial charge in [-0.25, -0.2) is 4.79 Å². The second-order valence-corrected chi connectivity index (χ2v) is 9.18. The Labute approximate surface area is 198 Å². The first-order valence-electron chi connectivity index (χ1n) is 10.8. The number of aryl methyl sites for hydroxylation is 1. The van der Waals surface area contributed by atoms with Gasteiger partial charge in [-0.2, -0.15) is 0 Å². The summed E-state index contributed by atoms with van der Waals surface area (Å²) >= 11 is 7.83. The zero-order chi connectivity index (χ0) is 23.1. The number of nitrogens with zero attached hydrogens (tertiary/aromatic N) is 2. The lowest BCUT2D eigenvalue weighted by molar-refractivity contribution is -0.135. The van der Waals surface area contributed by atoms with Crippen LogP contribution < -0.4 is 10.1 Å². The first-order valence-corrected chi connectivity index (χ1v) is 12.1. The summed E-state index contributed by atoms with van der Waals surface area (Å²) in [6, 6.07) is 7.15. The molecule has 1 atom stereocenters. The Morgan fingerprint density at radius 1 is 1.41 bits per heavy atom. The summed E-state index contributed by atoms with van der Waals surface area (Å²) in [5.74, 6) is 0.616. The summed E-state index contributed by atoms with van der Waals surface area (Å²) in [5, 5.41) is 5.59. The summed E-state index contributed by atoms with van der Waals surface area (Å²) in [5.41, 5.74) is 2.06. The molecule has 0 unspecified atom stereocenters. The number of ether oxygens (including phenoxy) is 1. The molecule has 6 nitrogen and oxygen atoms in total. The van der Waals surface area contributed by atoms with Gasteiger partial charge in [-0.1, -0.05) is 24.6 Å². The Morgan fingerprint density at radius 2 is 2.22 bits per heavy atom. The molecule has 0 spiro atoms. The van der Waals surface area contributed by atoms with Gasteiger partial charge in [-0.15, -0.1) is 17.9 Å². The van der Waals surface area contributed by atoms with Crippen LogP contribution in [0.15, 0.2) is 42.3 Å². The number of rotatable bonds is 9. The topological polar surface area (TPSA) is 61.9 Å². The van der Waals surface area contributed by atoms with Crippen LogP contribution in [-0.2, 0) is 11.2 Å². The molecule has 1 N–H and O–H groups in total. The second kappa shape index (κ2) is 11.4. The van der Waals surface area contributed by atoms with E-state index in [0.717, 1.165) is 24.0 Å². The van der Waals surface area contributed by atoms with Crippen molar-refractivity contribution in [2.45, 2.75) is 32.7 Å². The Morgan fingerprint density at radius 3 is 2.94 bits per heavy atom. The van der Waals surface area contributed by atoms with Crippen LogP contribution in [0.1, 0.15) is 35.4 Å². The number of hydrogen-bond acceptors (Lipinski definition) is 4. The van der Waals surface area contributed by atoms with Crippen molar-refractivity contribution in [3.05, 3.63) is 63.3 Å². The van der Waals surface area contributed by atoms with Gasteiger partial charge in [0.25, 0.3) is 0 Å². The molecule has 2 aromatic rings. The number of thiophene rings is 1. The lowest BCUT2D eigenvalue weighted by atomic mass is 10.0. The number of nitrogens with one attached hydrogen (secondary N) is 1. The van der Waals surface area contributed by atoms with E-state index in [2.05, 4.69) is 23.3 Å². The average Bonchev–Trinajstić information content (AvgIpc) is 3.26. The fourth-order valence-corrected chi connectivity index (χ4v) is 4.78. The van der Waals surface area contributed by atoms with Gasteiger partial charge in [0.2, 0.25) is 5.91 Å². The van der Waals surface area contributed by atoms with Crippen molar-refractivity contribution in [2.24, 2.45) is 0 Å². The van der Waals surface area contributed by atoms with Crippen LogP contribution in [0, 0.1) is 6.92 Å². The van der Waals surface area contributed by atoms with Gasteiger partial charge in [0.05, 0.1) is 6.04 Å². The number of fused-ring (bicyclic) bond motifs is 1. The van der Waals surface area contributed by atoms with Gasteiger partial charge in [0, 0.05) is 29.5 Å². The van der Waals surface area contributed by atoms with E-state index in [1.54, 1.807) is 17.4 Å². The number of benzene rings is 1. The maximum atomic E-state index is 13.3. The van der Waals surface area contributed by atoms with Crippen molar-refractivity contribution < 1.29 is 14.3 Å². The molecule has 2 heterocycles. The van der Waals surface area contributed by atoms with Gasteiger partial charge in [-0.05, 0) is 60.5 Å². The molecular formula is C24H30ClN3O3S. The third-order valence-corrected chi connectivity index (χ3v) is 6.86. The predicted octanol–water partition coefficient (Wildman–Crippen LogP) is 4.82.